The minimum Gasteiger partial charge on any atom is -0.385 e. The molecule has 4 nitrogen and oxygen atoms in total. The molecule has 2 aliphatic heterocycles. The number of carbonyl (C=O) groups is 1. The molecule has 3 atom stereocenters. The number of allylic oxidation sites excluding steroid dienone is 2. The molecule has 4 heteroatoms. The number of hydrogen-bond acceptors (Lipinski definition) is 3. The van der Waals surface area contributed by atoms with Crippen molar-refractivity contribution in [2.24, 2.45) is 0 Å². The predicted molar refractivity (Wildman–Crippen MR) is 88.2 cm³/mol. The molecule has 0 saturated carbocycles. The normalized spacial score (nSPS) is 24.7. The molecular weight excluding hydrogens is 274 g/mol. The third-order valence-electron chi connectivity index (χ3n) is 4.25. The topological polar surface area (TPSA) is 53.2 Å². The first kappa shape index (κ1) is 14.9. The zero-order chi connectivity index (χ0) is 15.2. The van der Waals surface area contributed by atoms with Crippen molar-refractivity contribution in [1.29, 1.82) is 0 Å². The fraction of sp³-hybridized carbons (Fsp3) is 0.389. The monoisotopic (exact) mass is 297 g/mol. The van der Waals surface area contributed by atoms with Crippen LogP contribution in [0.2, 0.25) is 0 Å². The Bertz CT molecular complexity index is 547. The van der Waals surface area contributed by atoms with Crippen LogP contribution in [0.1, 0.15) is 30.9 Å². The highest BCUT2D eigenvalue weighted by atomic mass is 16.2. The fourth-order valence-electron chi connectivity index (χ4n) is 3.03. The van der Waals surface area contributed by atoms with Crippen LogP contribution in [-0.4, -0.2) is 24.5 Å². The molecule has 1 aromatic carbocycles. The Labute approximate surface area is 131 Å². The molecule has 0 aromatic heterocycles. The predicted octanol–water partition coefficient (Wildman–Crippen LogP) is 2.03. The quantitative estimate of drug-likeness (QED) is 0.779. The van der Waals surface area contributed by atoms with Gasteiger partial charge in [0.25, 0.3) is 0 Å². The van der Waals surface area contributed by atoms with Crippen molar-refractivity contribution in [1.82, 2.24) is 16.0 Å². The molecular formula is C18H23N3O. The van der Waals surface area contributed by atoms with Gasteiger partial charge in [0.2, 0.25) is 5.91 Å². The second-order valence-corrected chi connectivity index (χ2v) is 5.87. The lowest BCUT2D eigenvalue weighted by atomic mass is 9.97. The molecule has 0 radical (unpaired) electrons. The molecule has 2 unspecified atom stereocenters. The molecule has 0 spiro atoms. The number of hydrogen-bond donors (Lipinski definition) is 3. The third-order valence-corrected chi connectivity index (χ3v) is 4.25. The molecule has 2 heterocycles. The number of carbonyl (C=O) groups excluding carboxylic acids is 1. The van der Waals surface area contributed by atoms with Crippen molar-refractivity contribution in [2.75, 3.05) is 6.54 Å². The van der Waals surface area contributed by atoms with Crippen LogP contribution in [0.5, 0.6) is 0 Å². The van der Waals surface area contributed by atoms with Crippen LogP contribution in [0.15, 0.2) is 54.8 Å². The fourth-order valence-corrected chi connectivity index (χ4v) is 3.03. The molecule has 0 bridgehead atoms. The highest BCUT2D eigenvalue weighted by Crippen LogP contribution is 2.20. The molecule has 1 aromatic rings. The van der Waals surface area contributed by atoms with E-state index in [0.29, 0.717) is 0 Å². The van der Waals surface area contributed by atoms with Crippen molar-refractivity contribution in [3.05, 3.63) is 60.3 Å². The summed E-state index contributed by atoms with van der Waals surface area (Å²) in [6.07, 6.45) is 11.0. The van der Waals surface area contributed by atoms with E-state index in [0.717, 1.165) is 31.4 Å². The van der Waals surface area contributed by atoms with Crippen LogP contribution in [0.4, 0.5) is 0 Å². The summed E-state index contributed by atoms with van der Waals surface area (Å²) in [6.45, 7) is 0.936. The molecule has 116 valence electrons. The largest absolute Gasteiger partial charge is 0.385 e. The molecule has 1 saturated heterocycles. The highest BCUT2D eigenvalue weighted by Gasteiger charge is 2.25. The first-order valence-electron chi connectivity index (χ1n) is 8.01. The summed E-state index contributed by atoms with van der Waals surface area (Å²) < 4.78 is 0. The van der Waals surface area contributed by atoms with E-state index in [-0.39, 0.29) is 24.0 Å². The molecule has 3 rings (SSSR count). The average molecular weight is 297 g/mol. The van der Waals surface area contributed by atoms with Crippen molar-refractivity contribution < 1.29 is 4.79 Å². The molecule has 2 aliphatic rings. The lowest BCUT2D eigenvalue weighted by molar-refractivity contribution is -0.123. The van der Waals surface area contributed by atoms with Gasteiger partial charge in [0.1, 0.15) is 0 Å². The van der Waals surface area contributed by atoms with Crippen molar-refractivity contribution in [3.63, 3.8) is 0 Å². The van der Waals surface area contributed by atoms with Crippen LogP contribution < -0.4 is 16.0 Å². The lowest BCUT2D eigenvalue weighted by Gasteiger charge is -2.26. The Balaban J connectivity index is 1.69. The minimum absolute atomic E-state index is 0.0183. The first-order chi connectivity index (χ1) is 10.8. The van der Waals surface area contributed by atoms with Gasteiger partial charge >= 0.3 is 0 Å². The molecule has 0 aliphatic carbocycles. The molecule has 1 fully saturated rings. The standard InChI is InChI=1S/C18H23N3O/c22-18(16-10-6-12-20-16)21-17(14-7-2-1-3-8-14)13-15-9-4-5-11-19-15/h1-5,7-9,11,15-17,19-20H,6,10,12-13H2,(H,21,22)/t15?,16-,17?/m0/s1. The number of nitrogens with one attached hydrogen (secondary N) is 3. The number of rotatable bonds is 5. The van der Waals surface area contributed by atoms with Gasteiger partial charge in [0.15, 0.2) is 0 Å². The number of dihydropyridines is 1. The summed E-state index contributed by atoms with van der Waals surface area (Å²) in [6, 6.07) is 10.4. The van der Waals surface area contributed by atoms with E-state index in [1.165, 1.54) is 0 Å². The summed E-state index contributed by atoms with van der Waals surface area (Å²) in [7, 11) is 0. The molecule has 1 amide bonds. The van der Waals surface area contributed by atoms with E-state index < -0.39 is 0 Å². The average Bonchev–Trinajstić information content (AvgIpc) is 3.11. The van der Waals surface area contributed by atoms with Crippen LogP contribution in [-0.2, 0) is 4.79 Å². The van der Waals surface area contributed by atoms with Crippen LogP contribution in [0.25, 0.3) is 0 Å². The Morgan fingerprint density at radius 3 is 2.82 bits per heavy atom. The lowest BCUT2D eigenvalue weighted by Crippen LogP contribution is -2.43. The van der Waals surface area contributed by atoms with E-state index in [4.69, 9.17) is 0 Å². The maximum Gasteiger partial charge on any atom is 0.237 e. The van der Waals surface area contributed by atoms with Gasteiger partial charge in [-0.2, -0.15) is 0 Å². The summed E-state index contributed by atoms with van der Waals surface area (Å²) in [5.41, 5.74) is 1.15. The third kappa shape index (κ3) is 3.77. The summed E-state index contributed by atoms with van der Waals surface area (Å²) in [4.78, 5) is 12.4. The van der Waals surface area contributed by atoms with Crippen molar-refractivity contribution >= 4 is 5.91 Å². The highest BCUT2D eigenvalue weighted by molar-refractivity contribution is 5.82. The number of benzene rings is 1. The SMILES string of the molecule is O=C(NC(CC1C=CC=CN1)c1ccccc1)[C@@H]1CCCN1. The Morgan fingerprint density at radius 2 is 2.14 bits per heavy atom. The van der Waals surface area contributed by atoms with Gasteiger partial charge in [-0.25, -0.2) is 0 Å². The van der Waals surface area contributed by atoms with Gasteiger partial charge in [-0.05, 0) is 43.6 Å². The van der Waals surface area contributed by atoms with Crippen molar-refractivity contribution in [3.8, 4) is 0 Å². The van der Waals surface area contributed by atoms with Gasteiger partial charge in [-0.3, -0.25) is 4.79 Å². The Morgan fingerprint density at radius 1 is 1.27 bits per heavy atom. The summed E-state index contributed by atoms with van der Waals surface area (Å²) in [5, 5.41) is 9.81. The number of amides is 1. The molecule has 3 N–H and O–H groups in total. The van der Waals surface area contributed by atoms with E-state index in [2.05, 4.69) is 34.2 Å². The van der Waals surface area contributed by atoms with Crippen molar-refractivity contribution in [2.45, 2.75) is 37.4 Å². The maximum atomic E-state index is 12.4. The maximum absolute atomic E-state index is 12.4. The van der Waals surface area contributed by atoms with Gasteiger partial charge in [-0.15, -0.1) is 0 Å². The van der Waals surface area contributed by atoms with Gasteiger partial charge in [0, 0.05) is 6.04 Å². The summed E-state index contributed by atoms with van der Waals surface area (Å²) in [5.74, 6) is 0.113. The Hall–Kier alpha value is -2.07. The van der Waals surface area contributed by atoms with Crippen LogP contribution in [0.3, 0.4) is 0 Å². The zero-order valence-electron chi connectivity index (χ0n) is 12.7. The van der Waals surface area contributed by atoms with E-state index in [1.807, 2.05) is 36.6 Å². The second kappa shape index (κ2) is 7.27. The van der Waals surface area contributed by atoms with Gasteiger partial charge in [0.05, 0.1) is 12.1 Å². The van der Waals surface area contributed by atoms with E-state index in [9.17, 15) is 4.79 Å². The summed E-state index contributed by atoms with van der Waals surface area (Å²) >= 11 is 0. The molecule has 22 heavy (non-hydrogen) atoms. The van der Waals surface area contributed by atoms with E-state index >= 15 is 0 Å². The second-order valence-electron chi connectivity index (χ2n) is 5.87. The Kier molecular flexibility index (Phi) is 4.91. The van der Waals surface area contributed by atoms with Crippen LogP contribution in [0, 0.1) is 0 Å². The zero-order valence-corrected chi connectivity index (χ0v) is 12.7. The minimum atomic E-state index is -0.0408. The first-order valence-corrected chi connectivity index (χ1v) is 8.01. The van der Waals surface area contributed by atoms with Gasteiger partial charge in [-0.1, -0.05) is 42.5 Å². The smallest absolute Gasteiger partial charge is 0.237 e. The van der Waals surface area contributed by atoms with E-state index in [1.54, 1.807) is 0 Å². The van der Waals surface area contributed by atoms with Crippen LogP contribution >= 0.6 is 0 Å². The van der Waals surface area contributed by atoms with Gasteiger partial charge < -0.3 is 16.0 Å².